The third-order valence-electron chi connectivity index (χ3n) is 5.01. The summed E-state index contributed by atoms with van der Waals surface area (Å²) in [4.78, 5) is 2.47. The van der Waals surface area contributed by atoms with Crippen LogP contribution in [-0.2, 0) is 4.74 Å². The zero-order chi connectivity index (χ0) is 13.9. The monoisotopic (exact) mass is 270 g/mol. The van der Waals surface area contributed by atoms with Crippen molar-refractivity contribution in [2.45, 2.75) is 45.1 Å². The van der Waals surface area contributed by atoms with E-state index in [1.165, 1.54) is 0 Å². The summed E-state index contributed by atoms with van der Waals surface area (Å²) in [6.07, 6.45) is 3.69. The third kappa shape index (κ3) is 3.13. The van der Waals surface area contributed by atoms with Crippen LogP contribution in [0.3, 0.4) is 0 Å². The second kappa shape index (κ2) is 6.08. The summed E-state index contributed by atoms with van der Waals surface area (Å²) < 4.78 is 5.63. The van der Waals surface area contributed by atoms with E-state index in [9.17, 15) is 5.11 Å². The zero-order valence-corrected chi connectivity index (χ0v) is 12.5. The highest BCUT2D eigenvalue weighted by Gasteiger charge is 2.51. The second-order valence-electron chi connectivity index (χ2n) is 6.87. The van der Waals surface area contributed by atoms with Crippen molar-refractivity contribution in [3.63, 3.8) is 0 Å². The molecule has 2 aliphatic heterocycles. The lowest BCUT2D eigenvalue weighted by molar-refractivity contribution is -0.166. The fourth-order valence-corrected chi connectivity index (χ4v) is 3.72. The lowest BCUT2D eigenvalue weighted by Crippen LogP contribution is -2.61. The Morgan fingerprint density at radius 3 is 2.42 bits per heavy atom. The van der Waals surface area contributed by atoms with Crippen LogP contribution in [0.5, 0.6) is 0 Å². The van der Waals surface area contributed by atoms with Crippen molar-refractivity contribution in [2.24, 2.45) is 17.1 Å². The first kappa shape index (κ1) is 15.2. The van der Waals surface area contributed by atoms with Crippen LogP contribution in [-0.4, -0.2) is 55.0 Å². The van der Waals surface area contributed by atoms with Gasteiger partial charge in [-0.2, -0.15) is 0 Å². The van der Waals surface area contributed by atoms with Crippen molar-refractivity contribution in [3.8, 4) is 0 Å². The van der Waals surface area contributed by atoms with E-state index in [-0.39, 0.29) is 5.41 Å². The van der Waals surface area contributed by atoms with Crippen molar-refractivity contribution in [2.75, 3.05) is 39.4 Å². The van der Waals surface area contributed by atoms with Gasteiger partial charge in [0, 0.05) is 38.2 Å². The molecule has 1 atom stereocenters. The first-order valence-corrected chi connectivity index (χ1v) is 7.74. The Morgan fingerprint density at radius 1 is 1.26 bits per heavy atom. The molecule has 0 radical (unpaired) electrons. The summed E-state index contributed by atoms with van der Waals surface area (Å²) in [5.41, 5.74) is 5.17. The van der Waals surface area contributed by atoms with Crippen molar-refractivity contribution < 1.29 is 9.84 Å². The van der Waals surface area contributed by atoms with Crippen LogP contribution in [0.2, 0.25) is 0 Å². The minimum atomic E-state index is -0.629. The molecular weight excluding hydrogens is 240 g/mol. The maximum Gasteiger partial charge on any atom is 0.0762 e. The Labute approximate surface area is 117 Å². The van der Waals surface area contributed by atoms with Crippen molar-refractivity contribution in [3.05, 3.63) is 0 Å². The van der Waals surface area contributed by atoms with E-state index in [0.29, 0.717) is 19.1 Å². The molecule has 0 amide bonds. The van der Waals surface area contributed by atoms with Crippen LogP contribution < -0.4 is 5.73 Å². The van der Waals surface area contributed by atoms with Crippen LogP contribution in [0.4, 0.5) is 0 Å². The summed E-state index contributed by atoms with van der Waals surface area (Å²) >= 11 is 0. The number of aliphatic hydroxyl groups is 1. The molecule has 2 aliphatic rings. The molecule has 0 aromatic carbocycles. The van der Waals surface area contributed by atoms with Crippen LogP contribution in [0.1, 0.15) is 39.5 Å². The quantitative estimate of drug-likeness (QED) is 0.806. The Balaban J connectivity index is 1.99. The second-order valence-corrected chi connectivity index (χ2v) is 6.87. The van der Waals surface area contributed by atoms with Gasteiger partial charge in [0.25, 0.3) is 0 Å². The molecule has 0 aliphatic carbocycles. The predicted molar refractivity (Wildman–Crippen MR) is 77.0 cm³/mol. The van der Waals surface area contributed by atoms with Crippen LogP contribution in [0, 0.1) is 11.3 Å². The average molecular weight is 270 g/mol. The first-order chi connectivity index (χ1) is 9.01. The number of piperidine rings is 1. The summed E-state index contributed by atoms with van der Waals surface area (Å²) in [6, 6.07) is 0. The van der Waals surface area contributed by atoms with Crippen LogP contribution >= 0.6 is 0 Å². The molecular formula is C15H30N2O2. The smallest absolute Gasteiger partial charge is 0.0762 e. The molecule has 112 valence electrons. The Bertz CT molecular complexity index is 280. The molecule has 3 N–H and O–H groups in total. The Kier molecular flexibility index (Phi) is 4.88. The topological polar surface area (TPSA) is 58.7 Å². The van der Waals surface area contributed by atoms with Crippen molar-refractivity contribution in [1.82, 2.24) is 4.90 Å². The molecule has 0 spiro atoms. The van der Waals surface area contributed by atoms with E-state index in [0.717, 1.165) is 51.9 Å². The molecule has 2 rings (SSSR count). The number of hydrogen-bond donors (Lipinski definition) is 2. The van der Waals surface area contributed by atoms with Gasteiger partial charge in [0.1, 0.15) is 0 Å². The average Bonchev–Trinajstić information content (AvgIpc) is 2.42. The van der Waals surface area contributed by atoms with E-state index in [2.05, 4.69) is 18.7 Å². The van der Waals surface area contributed by atoms with E-state index >= 15 is 0 Å². The highest BCUT2D eigenvalue weighted by atomic mass is 16.5. The van der Waals surface area contributed by atoms with Gasteiger partial charge in [-0.15, -0.1) is 0 Å². The molecule has 0 bridgehead atoms. The molecule has 2 fully saturated rings. The van der Waals surface area contributed by atoms with Crippen LogP contribution in [0.15, 0.2) is 0 Å². The van der Waals surface area contributed by atoms with Crippen molar-refractivity contribution in [1.29, 1.82) is 0 Å². The molecule has 4 nitrogen and oxygen atoms in total. The van der Waals surface area contributed by atoms with Crippen molar-refractivity contribution >= 4 is 0 Å². The molecule has 4 heteroatoms. The third-order valence-corrected chi connectivity index (χ3v) is 5.01. The van der Waals surface area contributed by atoms with Gasteiger partial charge in [-0.25, -0.2) is 0 Å². The molecule has 19 heavy (non-hydrogen) atoms. The molecule has 2 saturated heterocycles. The van der Waals surface area contributed by atoms with Gasteiger partial charge in [0.2, 0.25) is 0 Å². The minimum absolute atomic E-state index is 0.213. The lowest BCUT2D eigenvalue weighted by Gasteiger charge is -2.52. The van der Waals surface area contributed by atoms with Gasteiger partial charge in [-0.05, 0) is 31.6 Å². The van der Waals surface area contributed by atoms with Crippen LogP contribution in [0.25, 0.3) is 0 Å². The minimum Gasteiger partial charge on any atom is -0.389 e. The molecule has 1 unspecified atom stereocenters. The lowest BCUT2D eigenvalue weighted by atomic mass is 9.64. The molecule has 2 heterocycles. The normalized spacial score (nSPS) is 32.7. The van der Waals surface area contributed by atoms with E-state index < -0.39 is 5.60 Å². The number of nitrogens with two attached hydrogens (primary N) is 1. The van der Waals surface area contributed by atoms with Gasteiger partial charge in [-0.1, -0.05) is 13.8 Å². The van der Waals surface area contributed by atoms with E-state index in [4.69, 9.17) is 10.5 Å². The fourth-order valence-electron chi connectivity index (χ4n) is 3.72. The van der Waals surface area contributed by atoms with E-state index in [1.807, 2.05) is 0 Å². The SMILES string of the molecule is CC(C)CN1CCC(O)(C2(CN)CCCOC2)CC1. The summed E-state index contributed by atoms with van der Waals surface area (Å²) in [7, 11) is 0. The molecule has 0 aromatic rings. The summed E-state index contributed by atoms with van der Waals surface area (Å²) in [5.74, 6) is 0.688. The van der Waals surface area contributed by atoms with E-state index in [1.54, 1.807) is 0 Å². The zero-order valence-electron chi connectivity index (χ0n) is 12.5. The predicted octanol–water partition coefficient (Wildman–Crippen LogP) is 1.22. The standard InChI is InChI=1S/C15H30N2O2/c1-13(2)10-17-7-5-15(18,6-8-17)14(11-16)4-3-9-19-12-14/h13,18H,3-12,16H2,1-2H3. The first-order valence-electron chi connectivity index (χ1n) is 7.74. The van der Waals surface area contributed by atoms with Gasteiger partial charge < -0.3 is 20.5 Å². The Morgan fingerprint density at radius 2 is 1.95 bits per heavy atom. The number of ether oxygens (including phenoxy) is 1. The summed E-state index contributed by atoms with van der Waals surface area (Å²) in [6.45, 7) is 9.57. The number of likely N-dealkylation sites (tertiary alicyclic amines) is 1. The highest BCUT2D eigenvalue weighted by molar-refractivity contribution is 5.03. The van der Waals surface area contributed by atoms with Gasteiger partial charge in [-0.3, -0.25) is 0 Å². The number of nitrogens with zero attached hydrogens (tertiary/aromatic N) is 1. The van der Waals surface area contributed by atoms with Gasteiger partial charge in [0.15, 0.2) is 0 Å². The largest absolute Gasteiger partial charge is 0.389 e. The number of rotatable bonds is 4. The molecule has 0 aromatic heterocycles. The van der Waals surface area contributed by atoms with Gasteiger partial charge >= 0.3 is 0 Å². The fraction of sp³-hybridized carbons (Fsp3) is 1.00. The highest BCUT2D eigenvalue weighted by Crippen LogP contribution is 2.44. The molecule has 0 saturated carbocycles. The maximum atomic E-state index is 11.1. The summed E-state index contributed by atoms with van der Waals surface area (Å²) in [5, 5.41) is 11.1. The Hall–Kier alpha value is -0.160. The maximum absolute atomic E-state index is 11.1. The van der Waals surface area contributed by atoms with Gasteiger partial charge in [0.05, 0.1) is 12.2 Å². The number of hydrogen-bond acceptors (Lipinski definition) is 4.